The minimum absolute atomic E-state index is 0.0584. The molecule has 1 aliphatic rings. The van der Waals surface area contributed by atoms with Crippen LogP contribution in [-0.4, -0.2) is 43.5 Å². The lowest BCUT2D eigenvalue weighted by atomic mass is 10.1. The van der Waals surface area contributed by atoms with Gasteiger partial charge in [-0.1, -0.05) is 31.2 Å². The van der Waals surface area contributed by atoms with Crippen molar-refractivity contribution >= 4 is 17.3 Å². The van der Waals surface area contributed by atoms with Gasteiger partial charge in [0.05, 0.1) is 16.9 Å². The summed E-state index contributed by atoms with van der Waals surface area (Å²) in [5.74, 6) is -0.934. The molecule has 1 saturated heterocycles. The highest BCUT2D eigenvalue weighted by atomic mass is 19.1. The van der Waals surface area contributed by atoms with Crippen molar-refractivity contribution in [2.45, 2.75) is 6.92 Å². The first-order valence-electron chi connectivity index (χ1n) is 8.31. The predicted molar refractivity (Wildman–Crippen MR) is 95.1 cm³/mol. The Morgan fingerprint density at radius 1 is 1.04 bits per heavy atom. The summed E-state index contributed by atoms with van der Waals surface area (Å²) in [6.07, 6.45) is 0. The van der Waals surface area contributed by atoms with Crippen molar-refractivity contribution in [2.24, 2.45) is 0 Å². The molecule has 4 nitrogen and oxygen atoms in total. The standard InChI is InChI=1S/C19H22FN3O/c1-2-22-11-13-23(14-12-22)18-10-6-5-9-17(18)21-19(24)15-7-3-4-8-16(15)20/h3-10H,2,11-14H2,1H3,(H,21,24). The number of amides is 1. The van der Waals surface area contributed by atoms with E-state index in [1.54, 1.807) is 12.1 Å². The Balaban J connectivity index is 1.77. The van der Waals surface area contributed by atoms with Crippen LogP contribution in [0.2, 0.25) is 0 Å². The van der Waals surface area contributed by atoms with E-state index in [1.165, 1.54) is 12.1 Å². The highest BCUT2D eigenvalue weighted by molar-refractivity contribution is 6.06. The van der Waals surface area contributed by atoms with Gasteiger partial charge in [-0.05, 0) is 30.8 Å². The smallest absolute Gasteiger partial charge is 0.258 e. The molecule has 0 saturated carbocycles. The van der Waals surface area contributed by atoms with Crippen molar-refractivity contribution in [1.82, 2.24) is 4.90 Å². The van der Waals surface area contributed by atoms with E-state index in [-0.39, 0.29) is 5.56 Å². The number of hydrogen-bond acceptors (Lipinski definition) is 3. The average Bonchev–Trinajstić information content (AvgIpc) is 2.62. The highest BCUT2D eigenvalue weighted by Crippen LogP contribution is 2.27. The summed E-state index contributed by atoms with van der Waals surface area (Å²) >= 11 is 0. The largest absolute Gasteiger partial charge is 0.367 e. The number of carbonyl (C=O) groups excluding carboxylic acids is 1. The molecule has 2 aromatic carbocycles. The molecule has 0 aromatic heterocycles. The number of likely N-dealkylation sites (N-methyl/N-ethyl adjacent to an activating group) is 1. The summed E-state index contributed by atoms with van der Waals surface area (Å²) in [7, 11) is 0. The average molecular weight is 327 g/mol. The SMILES string of the molecule is CCN1CCN(c2ccccc2NC(=O)c2ccccc2F)CC1. The van der Waals surface area contributed by atoms with Crippen molar-refractivity contribution in [2.75, 3.05) is 42.9 Å². The van der Waals surface area contributed by atoms with Crippen LogP contribution in [-0.2, 0) is 0 Å². The lowest BCUT2D eigenvalue weighted by molar-refractivity contribution is 0.102. The Kier molecular flexibility index (Phi) is 5.11. The number of benzene rings is 2. The quantitative estimate of drug-likeness (QED) is 0.936. The third-order valence-corrected chi connectivity index (χ3v) is 4.43. The van der Waals surface area contributed by atoms with Crippen molar-refractivity contribution < 1.29 is 9.18 Å². The van der Waals surface area contributed by atoms with E-state index in [9.17, 15) is 9.18 Å². The molecule has 0 radical (unpaired) electrons. The van der Waals surface area contributed by atoms with Crippen molar-refractivity contribution in [3.05, 3.63) is 59.9 Å². The van der Waals surface area contributed by atoms with Gasteiger partial charge in [-0.2, -0.15) is 0 Å². The molecule has 24 heavy (non-hydrogen) atoms. The minimum Gasteiger partial charge on any atom is -0.367 e. The van der Waals surface area contributed by atoms with Gasteiger partial charge in [0.25, 0.3) is 5.91 Å². The van der Waals surface area contributed by atoms with E-state index in [1.807, 2.05) is 24.3 Å². The van der Waals surface area contributed by atoms with Crippen LogP contribution in [0.15, 0.2) is 48.5 Å². The van der Waals surface area contributed by atoms with Gasteiger partial charge in [0.2, 0.25) is 0 Å². The minimum atomic E-state index is -0.510. The van der Waals surface area contributed by atoms with Crippen LogP contribution in [0.1, 0.15) is 17.3 Å². The maximum absolute atomic E-state index is 13.8. The molecule has 1 amide bonds. The van der Waals surface area contributed by atoms with Crippen LogP contribution >= 0.6 is 0 Å². The molecule has 1 heterocycles. The molecular formula is C19H22FN3O. The van der Waals surface area contributed by atoms with Gasteiger partial charge in [0.15, 0.2) is 0 Å². The van der Waals surface area contributed by atoms with E-state index in [0.29, 0.717) is 0 Å². The molecule has 0 unspecified atom stereocenters. The summed E-state index contributed by atoms with van der Waals surface area (Å²) in [5, 5.41) is 2.86. The Labute approximate surface area is 141 Å². The zero-order valence-corrected chi connectivity index (χ0v) is 13.8. The number of anilines is 2. The maximum Gasteiger partial charge on any atom is 0.258 e. The van der Waals surface area contributed by atoms with E-state index in [4.69, 9.17) is 0 Å². The van der Waals surface area contributed by atoms with Crippen LogP contribution in [0.4, 0.5) is 15.8 Å². The van der Waals surface area contributed by atoms with Crippen molar-refractivity contribution in [3.8, 4) is 0 Å². The zero-order valence-electron chi connectivity index (χ0n) is 13.8. The Morgan fingerprint density at radius 3 is 2.42 bits per heavy atom. The summed E-state index contributed by atoms with van der Waals surface area (Å²) in [5.41, 5.74) is 1.76. The second kappa shape index (κ2) is 7.45. The zero-order chi connectivity index (χ0) is 16.9. The summed E-state index contributed by atoms with van der Waals surface area (Å²) in [6.45, 7) is 7.07. The topological polar surface area (TPSA) is 35.6 Å². The molecular weight excluding hydrogens is 305 g/mol. The van der Waals surface area contributed by atoms with Gasteiger partial charge in [0, 0.05) is 26.2 Å². The number of carbonyl (C=O) groups is 1. The molecule has 1 N–H and O–H groups in total. The van der Waals surface area contributed by atoms with Gasteiger partial charge >= 0.3 is 0 Å². The number of hydrogen-bond donors (Lipinski definition) is 1. The van der Waals surface area contributed by atoms with Gasteiger partial charge in [0.1, 0.15) is 5.82 Å². The fraction of sp³-hybridized carbons (Fsp3) is 0.316. The third kappa shape index (κ3) is 3.57. The lowest BCUT2D eigenvalue weighted by Crippen LogP contribution is -2.46. The molecule has 1 fully saturated rings. The van der Waals surface area contributed by atoms with Crippen LogP contribution in [0, 0.1) is 5.82 Å². The van der Waals surface area contributed by atoms with E-state index in [2.05, 4.69) is 22.0 Å². The van der Waals surface area contributed by atoms with E-state index >= 15 is 0 Å². The number of nitrogens with zero attached hydrogens (tertiary/aromatic N) is 2. The van der Waals surface area contributed by atoms with Gasteiger partial charge in [-0.3, -0.25) is 4.79 Å². The first-order valence-corrected chi connectivity index (χ1v) is 8.31. The van der Waals surface area contributed by atoms with E-state index < -0.39 is 11.7 Å². The Bertz CT molecular complexity index is 711. The number of piperazine rings is 1. The summed E-state index contributed by atoms with van der Waals surface area (Å²) in [6, 6.07) is 13.7. The molecule has 5 heteroatoms. The molecule has 126 valence electrons. The second-order valence-corrected chi connectivity index (χ2v) is 5.87. The van der Waals surface area contributed by atoms with Crippen LogP contribution in [0.25, 0.3) is 0 Å². The fourth-order valence-electron chi connectivity index (χ4n) is 3.00. The molecule has 2 aromatic rings. The lowest BCUT2D eigenvalue weighted by Gasteiger charge is -2.36. The van der Waals surface area contributed by atoms with Gasteiger partial charge in [-0.25, -0.2) is 4.39 Å². The van der Waals surface area contributed by atoms with Crippen molar-refractivity contribution in [3.63, 3.8) is 0 Å². The third-order valence-electron chi connectivity index (χ3n) is 4.43. The van der Waals surface area contributed by atoms with Crippen LogP contribution in [0.5, 0.6) is 0 Å². The van der Waals surface area contributed by atoms with Crippen LogP contribution in [0.3, 0.4) is 0 Å². The summed E-state index contributed by atoms with van der Waals surface area (Å²) < 4.78 is 13.8. The number of nitrogens with one attached hydrogen (secondary N) is 1. The van der Waals surface area contributed by atoms with E-state index in [0.717, 1.165) is 44.1 Å². The van der Waals surface area contributed by atoms with Crippen molar-refractivity contribution in [1.29, 1.82) is 0 Å². The second-order valence-electron chi connectivity index (χ2n) is 5.87. The monoisotopic (exact) mass is 327 g/mol. The molecule has 1 aliphatic heterocycles. The normalized spacial score (nSPS) is 15.3. The first-order chi connectivity index (χ1) is 11.7. The molecule has 0 aliphatic carbocycles. The Hall–Kier alpha value is -2.40. The van der Waals surface area contributed by atoms with Crippen LogP contribution < -0.4 is 10.2 Å². The number of rotatable bonds is 4. The first kappa shape index (κ1) is 16.5. The van der Waals surface area contributed by atoms with Gasteiger partial charge < -0.3 is 15.1 Å². The molecule has 0 atom stereocenters. The molecule has 3 rings (SSSR count). The van der Waals surface area contributed by atoms with Gasteiger partial charge in [-0.15, -0.1) is 0 Å². The molecule has 0 spiro atoms. The highest BCUT2D eigenvalue weighted by Gasteiger charge is 2.19. The number of halogens is 1. The Morgan fingerprint density at radius 2 is 1.71 bits per heavy atom. The predicted octanol–water partition coefficient (Wildman–Crippen LogP) is 3.22. The summed E-state index contributed by atoms with van der Waals surface area (Å²) in [4.78, 5) is 17.1. The number of para-hydroxylation sites is 2. The fourth-order valence-corrected chi connectivity index (χ4v) is 3.00. The maximum atomic E-state index is 13.8. The molecule has 0 bridgehead atoms.